The lowest BCUT2D eigenvalue weighted by molar-refractivity contribution is 0.669. The summed E-state index contributed by atoms with van der Waals surface area (Å²) in [5.41, 5.74) is 8.04. The minimum Gasteiger partial charge on any atom is -0.456 e. The van der Waals surface area contributed by atoms with Crippen LogP contribution in [0.5, 0.6) is 0 Å². The largest absolute Gasteiger partial charge is 0.456 e. The van der Waals surface area contributed by atoms with Gasteiger partial charge in [-0.3, -0.25) is 0 Å². The predicted octanol–water partition coefficient (Wildman–Crippen LogP) is 12.7. The van der Waals surface area contributed by atoms with E-state index in [9.17, 15) is 0 Å². The van der Waals surface area contributed by atoms with E-state index in [0.717, 1.165) is 76.4 Å². The first-order valence-electron chi connectivity index (χ1n) is 16.9. The summed E-state index contributed by atoms with van der Waals surface area (Å²) < 4.78 is 15.6. The standard InChI is InChI=1S/C45H25N3O2S/c1-2-12-26(13-3-1)43-46-44(48-45(47-43)35-22-10-20-32-27-14-5-7-25-38(27)51-42(32)35)34-21-9-19-31-30-18-8-17-29(40(30)50-41(31)34)28-16-11-24-37-39(28)33-15-4-6-23-36(33)49-37/h1-25H. The topological polar surface area (TPSA) is 65.0 Å². The summed E-state index contributed by atoms with van der Waals surface area (Å²) in [5, 5.41) is 6.62. The number of thiophene rings is 1. The van der Waals surface area contributed by atoms with Gasteiger partial charge in [-0.15, -0.1) is 11.3 Å². The average molecular weight is 672 g/mol. The molecule has 51 heavy (non-hydrogen) atoms. The Hall–Kier alpha value is -6.63. The summed E-state index contributed by atoms with van der Waals surface area (Å²) in [6, 6.07) is 52.0. The lowest BCUT2D eigenvalue weighted by Gasteiger charge is -2.09. The molecule has 0 fully saturated rings. The number of furan rings is 2. The van der Waals surface area contributed by atoms with Crippen LogP contribution in [0.1, 0.15) is 0 Å². The van der Waals surface area contributed by atoms with E-state index in [1.807, 2.05) is 60.7 Å². The lowest BCUT2D eigenvalue weighted by atomic mass is 9.97. The first kappa shape index (κ1) is 28.2. The highest BCUT2D eigenvalue weighted by Gasteiger charge is 2.22. The Balaban J connectivity index is 1.16. The first-order chi connectivity index (χ1) is 25.3. The normalized spacial score (nSPS) is 11.9. The molecule has 0 N–H and O–H groups in total. The molecule has 0 bridgehead atoms. The van der Waals surface area contributed by atoms with Crippen LogP contribution in [0.25, 0.3) is 109 Å². The van der Waals surface area contributed by atoms with Crippen LogP contribution < -0.4 is 0 Å². The number of hydrogen-bond donors (Lipinski definition) is 0. The molecule has 0 amide bonds. The summed E-state index contributed by atoms with van der Waals surface area (Å²) in [4.78, 5) is 15.4. The van der Waals surface area contributed by atoms with Crippen molar-refractivity contribution < 1.29 is 8.83 Å². The van der Waals surface area contributed by atoms with Gasteiger partial charge in [-0.2, -0.15) is 0 Å². The van der Waals surface area contributed by atoms with Crippen LogP contribution in [-0.2, 0) is 0 Å². The zero-order valence-corrected chi connectivity index (χ0v) is 27.8. The summed E-state index contributed by atoms with van der Waals surface area (Å²) >= 11 is 1.77. The van der Waals surface area contributed by atoms with E-state index in [0.29, 0.717) is 17.5 Å². The molecule has 4 aromatic heterocycles. The van der Waals surface area contributed by atoms with Crippen LogP contribution in [0, 0.1) is 0 Å². The summed E-state index contributed by atoms with van der Waals surface area (Å²) in [7, 11) is 0. The van der Waals surface area contributed by atoms with Gasteiger partial charge < -0.3 is 8.83 Å². The van der Waals surface area contributed by atoms with E-state index in [-0.39, 0.29) is 0 Å². The smallest absolute Gasteiger partial charge is 0.167 e. The molecular formula is C45H25N3O2S. The molecule has 6 heteroatoms. The highest BCUT2D eigenvalue weighted by Crippen LogP contribution is 2.44. The fraction of sp³-hybridized carbons (Fsp3) is 0. The number of fused-ring (bicyclic) bond motifs is 9. The van der Waals surface area contributed by atoms with Gasteiger partial charge in [-0.1, -0.05) is 121 Å². The first-order valence-corrected chi connectivity index (χ1v) is 17.7. The van der Waals surface area contributed by atoms with Gasteiger partial charge in [-0.25, -0.2) is 15.0 Å². The van der Waals surface area contributed by atoms with Crippen LogP contribution in [-0.4, -0.2) is 15.0 Å². The van der Waals surface area contributed by atoms with E-state index in [4.69, 9.17) is 23.8 Å². The van der Waals surface area contributed by atoms with Gasteiger partial charge in [0.1, 0.15) is 22.3 Å². The van der Waals surface area contributed by atoms with Crippen LogP contribution >= 0.6 is 11.3 Å². The summed E-state index contributed by atoms with van der Waals surface area (Å²) in [6.45, 7) is 0. The second-order valence-electron chi connectivity index (χ2n) is 12.7. The Morgan fingerprint density at radius 2 is 0.941 bits per heavy atom. The Morgan fingerprint density at radius 1 is 0.373 bits per heavy atom. The second kappa shape index (κ2) is 10.9. The molecule has 0 saturated heterocycles. The number of hydrogen-bond acceptors (Lipinski definition) is 6. The second-order valence-corrected chi connectivity index (χ2v) is 13.7. The minimum absolute atomic E-state index is 0.561. The third-order valence-electron chi connectivity index (χ3n) is 9.77. The molecule has 11 aromatic rings. The van der Waals surface area contributed by atoms with E-state index in [1.54, 1.807) is 11.3 Å². The van der Waals surface area contributed by atoms with Crippen LogP contribution in [0.2, 0.25) is 0 Å². The third kappa shape index (κ3) is 4.30. The molecule has 5 nitrogen and oxygen atoms in total. The Labute approximate surface area is 295 Å². The van der Waals surface area contributed by atoms with Gasteiger partial charge in [0.2, 0.25) is 0 Å². The average Bonchev–Trinajstić information content (AvgIpc) is 3.89. The molecule has 0 radical (unpaired) electrons. The monoisotopic (exact) mass is 671 g/mol. The van der Waals surface area contributed by atoms with Gasteiger partial charge >= 0.3 is 0 Å². The fourth-order valence-electron chi connectivity index (χ4n) is 7.46. The molecule has 0 saturated carbocycles. The number of para-hydroxylation sites is 3. The number of rotatable bonds is 4. The Kier molecular flexibility index (Phi) is 6.05. The van der Waals surface area contributed by atoms with E-state index in [2.05, 4.69) is 91.0 Å². The van der Waals surface area contributed by atoms with E-state index >= 15 is 0 Å². The molecule has 0 atom stereocenters. The van der Waals surface area contributed by atoms with Gasteiger partial charge in [0.05, 0.1) is 5.56 Å². The molecule has 7 aromatic carbocycles. The quantitative estimate of drug-likeness (QED) is 0.186. The molecule has 0 spiro atoms. The van der Waals surface area contributed by atoms with Crippen molar-refractivity contribution in [2.45, 2.75) is 0 Å². The van der Waals surface area contributed by atoms with E-state index in [1.165, 1.54) is 15.5 Å². The maximum absolute atomic E-state index is 6.93. The van der Waals surface area contributed by atoms with Gasteiger partial charge in [-0.05, 0) is 35.9 Å². The number of benzene rings is 7. The van der Waals surface area contributed by atoms with Crippen molar-refractivity contribution in [3.8, 4) is 45.3 Å². The summed E-state index contributed by atoms with van der Waals surface area (Å²) in [6.07, 6.45) is 0. The van der Waals surface area contributed by atoms with Gasteiger partial charge in [0.15, 0.2) is 17.5 Å². The van der Waals surface area contributed by atoms with Crippen molar-refractivity contribution in [2.75, 3.05) is 0 Å². The molecular weight excluding hydrogens is 647 g/mol. The van der Waals surface area contributed by atoms with Crippen molar-refractivity contribution >= 4 is 75.4 Å². The molecule has 11 rings (SSSR count). The zero-order chi connectivity index (χ0) is 33.5. The van der Waals surface area contributed by atoms with Gasteiger partial charge in [0, 0.05) is 58.4 Å². The third-order valence-corrected chi connectivity index (χ3v) is 11.0. The highest BCUT2D eigenvalue weighted by atomic mass is 32.1. The highest BCUT2D eigenvalue weighted by molar-refractivity contribution is 7.26. The maximum atomic E-state index is 6.93. The molecule has 0 unspecified atom stereocenters. The minimum atomic E-state index is 0.561. The zero-order valence-electron chi connectivity index (χ0n) is 27.0. The number of aromatic nitrogens is 3. The number of nitrogens with zero attached hydrogens (tertiary/aromatic N) is 3. The fourth-order valence-corrected chi connectivity index (χ4v) is 8.68. The lowest BCUT2D eigenvalue weighted by Crippen LogP contribution is -2.00. The molecule has 0 aliphatic heterocycles. The molecule has 238 valence electrons. The van der Waals surface area contributed by atoms with Crippen LogP contribution in [0.4, 0.5) is 0 Å². The van der Waals surface area contributed by atoms with Crippen molar-refractivity contribution in [2.24, 2.45) is 0 Å². The van der Waals surface area contributed by atoms with Crippen molar-refractivity contribution in [3.63, 3.8) is 0 Å². The van der Waals surface area contributed by atoms with Crippen LogP contribution in [0.3, 0.4) is 0 Å². The Morgan fingerprint density at radius 3 is 1.78 bits per heavy atom. The van der Waals surface area contributed by atoms with E-state index < -0.39 is 0 Å². The summed E-state index contributed by atoms with van der Waals surface area (Å²) in [5.74, 6) is 1.80. The molecule has 0 aliphatic rings. The molecule has 0 aliphatic carbocycles. The Bertz CT molecular complexity index is 3160. The maximum Gasteiger partial charge on any atom is 0.167 e. The van der Waals surface area contributed by atoms with Crippen LogP contribution in [0.15, 0.2) is 160 Å². The van der Waals surface area contributed by atoms with Crippen molar-refractivity contribution in [1.29, 1.82) is 0 Å². The molecule has 4 heterocycles. The van der Waals surface area contributed by atoms with Crippen molar-refractivity contribution in [1.82, 2.24) is 15.0 Å². The predicted molar refractivity (Wildman–Crippen MR) is 209 cm³/mol. The van der Waals surface area contributed by atoms with Gasteiger partial charge in [0.25, 0.3) is 0 Å². The van der Waals surface area contributed by atoms with Crippen molar-refractivity contribution in [3.05, 3.63) is 152 Å². The SMILES string of the molecule is c1ccc(-c2nc(-c3cccc4c3oc3c(-c5cccc6oc7ccccc7c56)cccc34)nc(-c3cccc4c3sc3ccccc34)n2)cc1.